The molecule has 7 heteroatoms. The first-order valence-electron chi connectivity index (χ1n) is 13.6. The van der Waals surface area contributed by atoms with Gasteiger partial charge < -0.3 is 29.9 Å². The predicted molar refractivity (Wildman–Crippen MR) is 146 cm³/mol. The molecule has 0 radical (unpaired) electrons. The van der Waals surface area contributed by atoms with Gasteiger partial charge in [-0.3, -0.25) is 0 Å². The molecule has 0 aliphatic carbocycles. The van der Waals surface area contributed by atoms with E-state index in [0.29, 0.717) is 25.2 Å². The van der Waals surface area contributed by atoms with Gasteiger partial charge in [0, 0.05) is 18.9 Å². The smallest absolute Gasteiger partial charge is 0.178 e. The summed E-state index contributed by atoms with van der Waals surface area (Å²) in [5, 5.41) is 39.2. The lowest BCUT2D eigenvalue weighted by Gasteiger charge is -2.19. The Hall–Kier alpha value is -2.45. The molecule has 0 amide bonds. The molecule has 2 aliphatic heterocycles. The molecule has 3 rings (SSSR count). The Morgan fingerprint density at radius 3 is 2.73 bits per heavy atom. The van der Waals surface area contributed by atoms with Gasteiger partial charge in [0.2, 0.25) is 0 Å². The van der Waals surface area contributed by atoms with E-state index in [9.17, 15) is 20.4 Å². The Bertz CT molecular complexity index is 940. The number of hydrogen-bond acceptors (Lipinski definition) is 6. The average Bonchev–Trinajstić information content (AvgIpc) is 3.52. The van der Waals surface area contributed by atoms with Gasteiger partial charge in [0.1, 0.15) is 30.9 Å². The van der Waals surface area contributed by atoms with Gasteiger partial charge in [-0.15, -0.1) is 16.6 Å². The summed E-state index contributed by atoms with van der Waals surface area (Å²) in [5.41, 5.74) is 3.00. The number of phenolic OH excluding ortho intramolecular Hbond substituents is 1. The van der Waals surface area contributed by atoms with Gasteiger partial charge >= 0.3 is 0 Å². The third-order valence-corrected chi connectivity index (χ3v) is 7.16. The van der Waals surface area contributed by atoms with Crippen molar-refractivity contribution >= 4 is 6.21 Å². The fourth-order valence-electron chi connectivity index (χ4n) is 4.59. The molecule has 2 aliphatic rings. The predicted octanol–water partition coefficient (Wildman–Crippen LogP) is 4.35. The Morgan fingerprint density at radius 1 is 1.19 bits per heavy atom. The Balaban J connectivity index is 1.44. The van der Waals surface area contributed by atoms with Crippen LogP contribution in [-0.4, -0.2) is 62.9 Å². The molecule has 37 heavy (non-hydrogen) atoms. The van der Waals surface area contributed by atoms with E-state index in [1.807, 2.05) is 24.4 Å². The molecule has 1 aromatic rings. The summed E-state index contributed by atoms with van der Waals surface area (Å²) in [7, 11) is 0. The Labute approximate surface area is 221 Å². The molecule has 7 nitrogen and oxygen atoms in total. The van der Waals surface area contributed by atoms with Crippen LogP contribution in [0.15, 0.2) is 46.6 Å². The van der Waals surface area contributed by atoms with Crippen molar-refractivity contribution in [1.29, 1.82) is 0 Å². The number of phenols is 1. The first kappa shape index (κ1) is 29.1. The SMILES string of the molecule is CCCCC1[OH+][C-](CCc2ccc(O)c(OCCC3=C[C+](C(C)CCC(O)C(C)O)C=N3)c2)C=C1CO. The average molecular weight is 515 g/mol. The highest BCUT2D eigenvalue weighted by atomic mass is 16.5. The monoisotopic (exact) mass is 514 g/mol. The van der Waals surface area contributed by atoms with Gasteiger partial charge in [-0.25, -0.2) is 0 Å². The molecule has 204 valence electrons. The second-order valence-corrected chi connectivity index (χ2v) is 10.2. The Morgan fingerprint density at radius 2 is 2.00 bits per heavy atom. The van der Waals surface area contributed by atoms with Crippen LogP contribution in [0.4, 0.5) is 0 Å². The number of benzene rings is 1. The molecule has 4 unspecified atom stereocenters. The van der Waals surface area contributed by atoms with E-state index in [-0.39, 0.29) is 24.4 Å². The maximum atomic E-state index is 10.3. The van der Waals surface area contributed by atoms with Crippen LogP contribution in [0, 0.1) is 17.9 Å². The normalized spacial score (nSPS) is 19.7. The lowest BCUT2D eigenvalue weighted by atomic mass is 9.89. The zero-order valence-corrected chi connectivity index (χ0v) is 22.4. The van der Waals surface area contributed by atoms with Crippen molar-refractivity contribution in [2.45, 2.75) is 90.4 Å². The lowest BCUT2D eigenvalue weighted by Crippen LogP contribution is -2.23. The van der Waals surface area contributed by atoms with Crippen molar-refractivity contribution in [3.8, 4) is 11.5 Å². The highest BCUT2D eigenvalue weighted by molar-refractivity contribution is 5.82. The summed E-state index contributed by atoms with van der Waals surface area (Å²) < 4.78 is 10.7. The minimum Gasteiger partial charge on any atom is -0.504 e. The van der Waals surface area contributed by atoms with Crippen molar-refractivity contribution in [3.63, 3.8) is 0 Å². The number of aliphatic imine (C=N–C) groups is 1. The van der Waals surface area contributed by atoms with Gasteiger partial charge in [0.05, 0.1) is 24.7 Å². The molecule has 0 bridgehead atoms. The standard InChI is InChI=1S/C30H43NO6/c1-4-5-6-29-24(19-32)17-26(37-29)10-8-22-9-12-28(35)30(15-22)36-14-13-25-16-23(18-31-25)20(2)7-11-27(34)21(3)33/h9,12,15-18,20-21,27,29,32-34,37H,4-8,10-11,13-14,19H2,1-3H3/p+1. The van der Waals surface area contributed by atoms with E-state index in [4.69, 9.17) is 9.47 Å². The number of aliphatic hydroxyl groups excluding tert-OH is 3. The number of aromatic hydroxyl groups is 1. The molecule has 0 saturated carbocycles. The van der Waals surface area contributed by atoms with Gasteiger partial charge in [-0.05, 0) is 63.6 Å². The van der Waals surface area contributed by atoms with Crippen LogP contribution in [0.2, 0.25) is 0 Å². The maximum Gasteiger partial charge on any atom is 0.178 e. The molecule has 0 aromatic heterocycles. The number of aryl methyl sites for hydroxylation is 1. The first-order chi connectivity index (χ1) is 17.8. The quantitative estimate of drug-likeness (QED) is 0.193. The van der Waals surface area contributed by atoms with Gasteiger partial charge in [0.25, 0.3) is 0 Å². The topological polar surface area (TPSA) is 115 Å². The largest absolute Gasteiger partial charge is 0.504 e. The third kappa shape index (κ3) is 8.82. The molecular formula is C30H44NO6+. The summed E-state index contributed by atoms with van der Waals surface area (Å²) in [6.07, 6.45) is 12.4. The molecule has 5 N–H and O–H groups in total. The minimum absolute atomic E-state index is 0.0589. The highest BCUT2D eigenvalue weighted by Crippen LogP contribution is 2.32. The number of rotatable bonds is 16. The molecule has 0 saturated heterocycles. The number of hydrogen-bond donors (Lipinski definition) is 4. The summed E-state index contributed by atoms with van der Waals surface area (Å²) in [4.78, 5) is 4.49. The fraction of sp³-hybridized carbons (Fsp3) is 0.567. The number of allylic oxidation sites excluding steroid dienone is 1. The molecule has 0 spiro atoms. The zero-order valence-electron chi connectivity index (χ0n) is 22.4. The van der Waals surface area contributed by atoms with E-state index < -0.39 is 12.2 Å². The maximum absolute atomic E-state index is 10.3. The van der Waals surface area contributed by atoms with Crippen molar-refractivity contribution < 1.29 is 29.9 Å². The van der Waals surface area contributed by atoms with E-state index in [1.165, 1.54) is 0 Å². The van der Waals surface area contributed by atoms with Crippen molar-refractivity contribution in [2.24, 2.45) is 10.9 Å². The summed E-state index contributed by atoms with van der Waals surface area (Å²) >= 11 is 0. The van der Waals surface area contributed by atoms with Crippen LogP contribution in [0.1, 0.15) is 71.3 Å². The van der Waals surface area contributed by atoms with Crippen molar-refractivity contribution in [1.82, 2.24) is 0 Å². The number of aliphatic hydroxyl groups is 5. The number of unbranched alkanes of at least 4 members (excludes halogenated alkanes) is 1. The van der Waals surface area contributed by atoms with Crippen LogP contribution in [0.25, 0.3) is 0 Å². The minimum atomic E-state index is -0.719. The molecule has 4 atom stereocenters. The summed E-state index contributed by atoms with van der Waals surface area (Å²) in [6.45, 7) is 6.32. The molecule has 2 heterocycles. The van der Waals surface area contributed by atoms with Crippen molar-refractivity contribution in [3.05, 3.63) is 59.2 Å². The van der Waals surface area contributed by atoms with Crippen LogP contribution in [0.3, 0.4) is 0 Å². The van der Waals surface area contributed by atoms with E-state index in [1.54, 1.807) is 13.0 Å². The van der Waals surface area contributed by atoms with Crippen LogP contribution < -0.4 is 4.74 Å². The number of ether oxygens (including phenoxy) is 2. The van der Waals surface area contributed by atoms with Gasteiger partial charge in [-0.2, -0.15) is 0 Å². The Kier molecular flexibility index (Phi) is 11.4. The van der Waals surface area contributed by atoms with Crippen LogP contribution in [-0.2, 0) is 6.42 Å². The molecule has 0 fully saturated rings. The van der Waals surface area contributed by atoms with Crippen LogP contribution in [0.5, 0.6) is 11.5 Å². The fourth-order valence-corrected chi connectivity index (χ4v) is 4.59. The second-order valence-electron chi connectivity index (χ2n) is 10.2. The van der Waals surface area contributed by atoms with E-state index >= 15 is 0 Å². The lowest BCUT2D eigenvalue weighted by molar-refractivity contribution is -0.0550. The summed E-state index contributed by atoms with van der Waals surface area (Å²) in [5.74, 6) is 1.94. The second kappa shape index (κ2) is 14.5. The van der Waals surface area contributed by atoms with E-state index in [0.717, 1.165) is 67.4 Å². The third-order valence-electron chi connectivity index (χ3n) is 7.16. The van der Waals surface area contributed by atoms with Gasteiger partial charge in [-0.1, -0.05) is 19.4 Å². The number of nitrogens with zero attached hydrogens (tertiary/aromatic N) is 1. The van der Waals surface area contributed by atoms with Gasteiger partial charge in [0.15, 0.2) is 17.2 Å². The first-order valence-corrected chi connectivity index (χ1v) is 13.6. The van der Waals surface area contributed by atoms with Crippen LogP contribution >= 0.6 is 0 Å². The van der Waals surface area contributed by atoms with Crippen molar-refractivity contribution in [2.75, 3.05) is 13.2 Å². The summed E-state index contributed by atoms with van der Waals surface area (Å²) in [6, 6.07) is 5.46. The molecule has 1 aromatic carbocycles. The highest BCUT2D eigenvalue weighted by Gasteiger charge is 2.28. The molecular weight excluding hydrogens is 470 g/mol. The zero-order chi connectivity index (χ0) is 26.8. The van der Waals surface area contributed by atoms with E-state index in [2.05, 4.69) is 24.9 Å².